The van der Waals surface area contributed by atoms with Gasteiger partial charge in [0.25, 0.3) is 0 Å². The maximum absolute atomic E-state index is 11.5. The van der Waals surface area contributed by atoms with Crippen LogP contribution in [0.1, 0.15) is 12.6 Å². The summed E-state index contributed by atoms with van der Waals surface area (Å²) in [6.07, 6.45) is 0. The Labute approximate surface area is 99.4 Å². The second kappa shape index (κ2) is 4.49. The molecule has 1 heterocycles. The predicted octanol–water partition coefficient (Wildman–Crippen LogP) is 2.22. The Morgan fingerprint density at radius 3 is 2.88 bits per heavy atom. The van der Waals surface area contributed by atoms with Gasteiger partial charge in [-0.3, -0.25) is 4.79 Å². The second-order valence-corrected chi connectivity index (χ2v) is 3.92. The highest BCUT2D eigenvalue weighted by atomic mass is 16.5. The van der Waals surface area contributed by atoms with Gasteiger partial charge < -0.3 is 14.4 Å². The molecule has 0 bridgehead atoms. The third-order valence-corrected chi connectivity index (χ3v) is 2.68. The fraction of sp³-hybridized carbons (Fsp3) is 0.308. The number of fused-ring (bicyclic) bond motifs is 1. The fourth-order valence-electron chi connectivity index (χ4n) is 1.94. The Morgan fingerprint density at radius 2 is 2.18 bits per heavy atom. The summed E-state index contributed by atoms with van der Waals surface area (Å²) in [5.41, 5.74) is 1.90. The number of aromatic hydroxyl groups is 1. The van der Waals surface area contributed by atoms with Crippen molar-refractivity contribution in [3.8, 4) is 5.75 Å². The van der Waals surface area contributed by atoms with E-state index in [1.807, 2.05) is 17.6 Å². The van der Waals surface area contributed by atoms with Crippen molar-refractivity contribution in [2.45, 2.75) is 20.4 Å². The Hall–Kier alpha value is -1.97. The summed E-state index contributed by atoms with van der Waals surface area (Å²) < 4.78 is 6.82. The number of hydrogen-bond donors (Lipinski definition) is 1. The van der Waals surface area contributed by atoms with Crippen molar-refractivity contribution in [1.82, 2.24) is 4.57 Å². The molecule has 0 saturated carbocycles. The van der Waals surface area contributed by atoms with Crippen molar-refractivity contribution < 1.29 is 14.6 Å². The van der Waals surface area contributed by atoms with Gasteiger partial charge in [0.05, 0.1) is 6.61 Å². The van der Waals surface area contributed by atoms with Gasteiger partial charge in [0.1, 0.15) is 12.3 Å². The Kier molecular flexibility index (Phi) is 3.04. The second-order valence-electron chi connectivity index (χ2n) is 3.92. The first kappa shape index (κ1) is 11.5. The van der Waals surface area contributed by atoms with E-state index in [1.54, 1.807) is 25.1 Å². The number of esters is 1. The number of ether oxygens (including phenoxy) is 1. The van der Waals surface area contributed by atoms with Gasteiger partial charge in [-0.05, 0) is 38.1 Å². The number of nitrogens with zero attached hydrogens (tertiary/aromatic N) is 1. The summed E-state index contributed by atoms with van der Waals surface area (Å²) in [6.45, 7) is 4.30. The minimum Gasteiger partial charge on any atom is -0.508 e. The Balaban J connectivity index is 2.39. The third-order valence-electron chi connectivity index (χ3n) is 2.68. The summed E-state index contributed by atoms with van der Waals surface area (Å²) in [5, 5.41) is 10.3. The molecule has 0 amide bonds. The molecule has 1 N–H and O–H groups in total. The van der Waals surface area contributed by atoms with Crippen molar-refractivity contribution >= 4 is 16.9 Å². The van der Waals surface area contributed by atoms with Crippen LogP contribution in [-0.4, -0.2) is 22.2 Å². The fourth-order valence-corrected chi connectivity index (χ4v) is 1.94. The van der Waals surface area contributed by atoms with E-state index in [0.717, 1.165) is 16.6 Å². The third kappa shape index (κ3) is 2.25. The quantitative estimate of drug-likeness (QED) is 0.827. The maximum atomic E-state index is 11.5. The van der Waals surface area contributed by atoms with E-state index in [9.17, 15) is 9.90 Å². The molecule has 1 aromatic heterocycles. The minimum absolute atomic E-state index is 0.202. The Morgan fingerprint density at radius 1 is 1.41 bits per heavy atom. The van der Waals surface area contributed by atoms with E-state index in [4.69, 9.17) is 4.74 Å². The van der Waals surface area contributed by atoms with Crippen molar-refractivity contribution in [2.75, 3.05) is 6.61 Å². The number of aryl methyl sites for hydroxylation is 1. The van der Waals surface area contributed by atoms with Crippen LogP contribution in [0.15, 0.2) is 24.3 Å². The smallest absolute Gasteiger partial charge is 0.325 e. The first-order valence-corrected chi connectivity index (χ1v) is 5.56. The number of rotatable bonds is 3. The van der Waals surface area contributed by atoms with Gasteiger partial charge in [-0.1, -0.05) is 0 Å². The zero-order valence-electron chi connectivity index (χ0n) is 9.93. The largest absolute Gasteiger partial charge is 0.508 e. The maximum Gasteiger partial charge on any atom is 0.325 e. The first-order valence-electron chi connectivity index (χ1n) is 5.56. The molecule has 0 spiro atoms. The summed E-state index contributed by atoms with van der Waals surface area (Å²) in [5.74, 6) is -0.0213. The molecular weight excluding hydrogens is 218 g/mol. The Bertz CT molecular complexity index is 557. The van der Waals surface area contributed by atoms with E-state index in [0.29, 0.717) is 6.61 Å². The highest BCUT2D eigenvalue weighted by Gasteiger charge is 2.10. The van der Waals surface area contributed by atoms with Gasteiger partial charge in [0.15, 0.2) is 0 Å². The molecule has 0 radical (unpaired) electrons. The highest BCUT2D eigenvalue weighted by molar-refractivity contribution is 5.84. The van der Waals surface area contributed by atoms with Crippen LogP contribution in [0.3, 0.4) is 0 Å². The zero-order chi connectivity index (χ0) is 12.4. The molecule has 0 saturated heterocycles. The molecule has 17 heavy (non-hydrogen) atoms. The molecule has 1 aromatic carbocycles. The number of carbonyl (C=O) groups is 1. The van der Waals surface area contributed by atoms with Crippen LogP contribution in [-0.2, 0) is 16.1 Å². The molecule has 4 nitrogen and oxygen atoms in total. The number of hydrogen-bond acceptors (Lipinski definition) is 3. The average Bonchev–Trinajstić information content (AvgIpc) is 2.55. The number of phenols is 1. The monoisotopic (exact) mass is 233 g/mol. The molecule has 0 aliphatic carbocycles. The molecule has 0 aliphatic heterocycles. The lowest BCUT2D eigenvalue weighted by molar-refractivity contribution is -0.143. The van der Waals surface area contributed by atoms with Gasteiger partial charge in [-0.15, -0.1) is 0 Å². The van der Waals surface area contributed by atoms with E-state index in [1.165, 1.54) is 0 Å². The molecule has 2 rings (SSSR count). The van der Waals surface area contributed by atoms with Gasteiger partial charge in [0, 0.05) is 16.6 Å². The molecule has 90 valence electrons. The lowest BCUT2D eigenvalue weighted by atomic mass is 10.2. The van der Waals surface area contributed by atoms with Gasteiger partial charge in [-0.2, -0.15) is 0 Å². The summed E-state index contributed by atoms with van der Waals surface area (Å²) in [6, 6.07) is 7.04. The van der Waals surface area contributed by atoms with E-state index in [-0.39, 0.29) is 18.3 Å². The molecule has 0 fully saturated rings. The van der Waals surface area contributed by atoms with E-state index < -0.39 is 0 Å². The standard InChI is InChI=1S/C13H15NO3/c1-3-17-13(16)8-14-9(2)6-10-7-11(15)4-5-12(10)14/h4-7,15H,3,8H2,1-2H3. The number of benzene rings is 1. The molecule has 4 heteroatoms. The van der Waals surface area contributed by atoms with Crippen LogP contribution in [0, 0.1) is 6.92 Å². The summed E-state index contributed by atoms with van der Waals surface area (Å²) >= 11 is 0. The van der Waals surface area contributed by atoms with Crippen LogP contribution < -0.4 is 0 Å². The molecule has 2 aromatic rings. The lowest BCUT2D eigenvalue weighted by Crippen LogP contribution is -2.14. The molecular formula is C13H15NO3. The summed E-state index contributed by atoms with van der Waals surface area (Å²) in [4.78, 5) is 11.5. The van der Waals surface area contributed by atoms with Gasteiger partial charge in [-0.25, -0.2) is 0 Å². The highest BCUT2D eigenvalue weighted by Crippen LogP contribution is 2.23. The van der Waals surface area contributed by atoms with Crippen LogP contribution in [0.25, 0.3) is 10.9 Å². The number of phenolic OH excluding ortho intramolecular Hbond substituents is 1. The van der Waals surface area contributed by atoms with Gasteiger partial charge in [0.2, 0.25) is 0 Å². The van der Waals surface area contributed by atoms with Crippen LogP contribution >= 0.6 is 0 Å². The summed E-state index contributed by atoms with van der Waals surface area (Å²) in [7, 11) is 0. The van der Waals surface area contributed by atoms with Crippen molar-refractivity contribution in [2.24, 2.45) is 0 Å². The topological polar surface area (TPSA) is 51.5 Å². The zero-order valence-corrected chi connectivity index (χ0v) is 9.93. The van der Waals surface area contributed by atoms with Crippen molar-refractivity contribution in [1.29, 1.82) is 0 Å². The van der Waals surface area contributed by atoms with Gasteiger partial charge >= 0.3 is 5.97 Å². The van der Waals surface area contributed by atoms with Crippen LogP contribution in [0.4, 0.5) is 0 Å². The molecule has 0 atom stereocenters. The normalized spacial score (nSPS) is 10.7. The average molecular weight is 233 g/mol. The van der Waals surface area contributed by atoms with E-state index in [2.05, 4.69) is 0 Å². The van der Waals surface area contributed by atoms with Crippen LogP contribution in [0.5, 0.6) is 5.75 Å². The molecule has 0 unspecified atom stereocenters. The van der Waals surface area contributed by atoms with Crippen molar-refractivity contribution in [3.05, 3.63) is 30.0 Å². The molecule has 0 aliphatic rings. The first-order chi connectivity index (χ1) is 8.11. The number of aromatic nitrogens is 1. The van der Waals surface area contributed by atoms with E-state index >= 15 is 0 Å². The minimum atomic E-state index is -0.249. The van der Waals surface area contributed by atoms with Crippen molar-refractivity contribution in [3.63, 3.8) is 0 Å². The SMILES string of the molecule is CCOC(=O)Cn1c(C)cc2cc(O)ccc21. The number of carbonyl (C=O) groups excluding carboxylic acids is 1. The van der Waals surface area contributed by atoms with Crippen LogP contribution in [0.2, 0.25) is 0 Å². The lowest BCUT2D eigenvalue weighted by Gasteiger charge is -2.07. The predicted molar refractivity (Wildman–Crippen MR) is 65.0 cm³/mol.